The smallest absolute Gasteiger partial charge is 0.175 e. The number of sulfone groups is 1. The van der Waals surface area contributed by atoms with Gasteiger partial charge in [0.25, 0.3) is 0 Å². The van der Waals surface area contributed by atoms with Crippen LogP contribution in [0.5, 0.6) is 0 Å². The number of hydrogen-bond donors (Lipinski definition) is 0. The van der Waals surface area contributed by atoms with Gasteiger partial charge in [-0.3, -0.25) is 0 Å². The van der Waals surface area contributed by atoms with Crippen molar-refractivity contribution in [3.63, 3.8) is 0 Å². The SMILES string of the molecule is CS(=O)(=O)c1ccc(-c2csc(C3CC(Cl)C3)n2)cc1. The topological polar surface area (TPSA) is 47.0 Å². The van der Waals surface area contributed by atoms with Crippen molar-refractivity contribution in [2.45, 2.75) is 29.0 Å². The normalized spacial score (nSPS) is 22.5. The molecule has 0 aliphatic heterocycles. The van der Waals surface area contributed by atoms with E-state index in [1.165, 1.54) is 6.26 Å². The van der Waals surface area contributed by atoms with Crippen molar-refractivity contribution >= 4 is 32.8 Å². The summed E-state index contributed by atoms with van der Waals surface area (Å²) in [6, 6.07) is 6.87. The van der Waals surface area contributed by atoms with E-state index in [0.717, 1.165) is 29.1 Å². The van der Waals surface area contributed by atoms with E-state index in [0.29, 0.717) is 16.2 Å². The maximum atomic E-state index is 11.4. The Morgan fingerprint density at radius 1 is 1.25 bits per heavy atom. The molecular weight excluding hydrogens is 314 g/mol. The average molecular weight is 328 g/mol. The van der Waals surface area contributed by atoms with Crippen LogP contribution in [0.4, 0.5) is 0 Å². The third-order valence-electron chi connectivity index (χ3n) is 3.53. The molecule has 0 radical (unpaired) electrons. The summed E-state index contributed by atoms with van der Waals surface area (Å²) in [7, 11) is -3.14. The van der Waals surface area contributed by atoms with E-state index >= 15 is 0 Å². The summed E-state index contributed by atoms with van der Waals surface area (Å²) in [5.74, 6) is 0.492. The predicted molar refractivity (Wildman–Crippen MR) is 82.3 cm³/mol. The van der Waals surface area contributed by atoms with Gasteiger partial charge in [0.2, 0.25) is 0 Å². The molecule has 1 heterocycles. The van der Waals surface area contributed by atoms with Gasteiger partial charge >= 0.3 is 0 Å². The van der Waals surface area contributed by atoms with Gasteiger partial charge in [-0.2, -0.15) is 0 Å². The Hall–Kier alpha value is -0.910. The molecule has 0 saturated heterocycles. The first kappa shape index (κ1) is 14.0. The van der Waals surface area contributed by atoms with Gasteiger partial charge in [0.15, 0.2) is 9.84 Å². The van der Waals surface area contributed by atoms with Crippen LogP contribution in [0.25, 0.3) is 11.3 Å². The molecule has 0 N–H and O–H groups in total. The molecule has 3 nitrogen and oxygen atoms in total. The highest BCUT2D eigenvalue weighted by atomic mass is 35.5. The Balaban J connectivity index is 1.83. The highest BCUT2D eigenvalue weighted by Gasteiger charge is 2.30. The fraction of sp³-hybridized carbons (Fsp3) is 0.357. The summed E-state index contributed by atoms with van der Waals surface area (Å²) in [6.07, 6.45) is 3.21. The van der Waals surface area contributed by atoms with E-state index < -0.39 is 9.84 Å². The molecule has 1 saturated carbocycles. The average Bonchev–Trinajstić information content (AvgIpc) is 2.83. The van der Waals surface area contributed by atoms with Crippen molar-refractivity contribution in [1.29, 1.82) is 0 Å². The first-order valence-corrected chi connectivity index (χ1v) is 9.54. The van der Waals surface area contributed by atoms with E-state index in [4.69, 9.17) is 11.6 Å². The molecule has 1 aliphatic rings. The molecule has 20 heavy (non-hydrogen) atoms. The lowest BCUT2D eigenvalue weighted by Crippen LogP contribution is -2.21. The zero-order valence-electron chi connectivity index (χ0n) is 10.9. The fourth-order valence-electron chi connectivity index (χ4n) is 2.23. The highest BCUT2D eigenvalue weighted by molar-refractivity contribution is 7.90. The zero-order valence-corrected chi connectivity index (χ0v) is 13.3. The minimum absolute atomic E-state index is 0.293. The van der Waals surface area contributed by atoms with Crippen molar-refractivity contribution in [2.75, 3.05) is 6.26 Å². The number of thiazole rings is 1. The van der Waals surface area contributed by atoms with Gasteiger partial charge < -0.3 is 0 Å². The number of aromatic nitrogens is 1. The van der Waals surface area contributed by atoms with Gasteiger partial charge in [-0.1, -0.05) is 12.1 Å². The Bertz CT molecular complexity index is 716. The summed E-state index contributed by atoms with van der Waals surface area (Å²) in [6.45, 7) is 0. The number of nitrogens with zero attached hydrogens (tertiary/aromatic N) is 1. The summed E-state index contributed by atoms with van der Waals surface area (Å²) < 4.78 is 22.9. The molecule has 0 amide bonds. The summed E-state index contributed by atoms with van der Waals surface area (Å²) in [4.78, 5) is 4.97. The van der Waals surface area contributed by atoms with Crippen LogP contribution in [-0.4, -0.2) is 25.0 Å². The van der Waals surface area contributed by atoms with Crippen LogP contribution >= 0.6 is 22.9 Å². The second kappa shape index (κ2) is 5.13. The molecule has 1 aliphatic carbocycles. The molecule has 6 heteroatoms. The Morgan fingerprint density at radius 2 is 1.90 bits per heavy atom. The third kappa shape index (κ3) is 2.75. The van der Waals surface area contributed by atoms with Gasteiger partial charge in [0.05, 0.1) is 15.6 Å². The van der Waals surface area contributed by atoms with Crippen molar-refractivity contribution in [3.8, 4) is 11.3 Å². The van der Waals surface area contributed by atoms with Crippen molar-refractivity contribution in [3.05, 3.63) is 34.7 Å². The number of hydrogen-bond acceptors (Lipinski definition) is 4. The van der Waals surface area contributed by atoms with Gasteiger partial charge in [0.1, 0.15) is 0 Å². The number of halogens is 1. The van der Waals surface area contributed by atoms with Gasteiger partial charge in [-0.15, -0.1) is 22.9 Å². The lowest BCUT2D eigenvalue weighted by Gasteiger charge is -2.28. The minimum atomic E-state index is -3.14. The molecule has 3 rings (SSSR count). The molecule has 0 spiro atoms. The second-order valence-corrected chi connectivity index (χ2v) is 8.66. The van der Waals surface area contributed by atoms with Crippen LogP contribution in [0, 0.1) is 0 Å². The molecular formula is C14H14ClNO2S2. The third-order valence-corrected chi connectivity index (χ3v) is 6.02. The Labute approximate surface area is 127 Å². The summed E-state index contributed by atoms with van der Waals surface area (Å²) in [5, 5.41) is 3.44. The highest BCUT2D eigenvalue weighted by Crippen LogP contribution is 2.42. The standard InChI is InChI=1S/C14H14ClNO2S2/c1-20(17,18)12-4-2-9(3-5-12)13-8-19-14(16-13)10-6-11(15)7-10/h2-5,8,10-11H,6-7H2,1H3. The zero-order chi connectivity index (χ0) is 14.3. The van der Waals surface area contributed by atoms with E-state index in [-0.39, 0.29) is 0 Å². The van der Waals surface area contributed by atoms with Gasteiger partial charge in [-0.05, 0) is 25.0 Å². The van der Waals surface area contributed by atoms with Crippen LogP contribution in [0.2, 0.25) is 0 Å². The van der Waals surface area contributed by atoms with E-state index in [9.17, 15) is 8.42 Å². The van der Waals surface area contributed by atoms with Gasteiger partial charge in [0, 0.05) is 28.5 Å². The number of benzene rings is 1. The molecule has 1 aromatic carbocycles. The van der Waals surface area contributed by atoms with Crippen LogP contribution in [-0.2, 0) is 9.84 Å². The summed E-state index contributed by atoms with van der Waals surface area (Å²) in [5.41, 5.74) is 1.85. The molecule has 1 fully saturated rings. The molecule has 2 aromatic rings. The number of alkyl halides is 1. The molecule has 1 aromatic heterocycles. The quantitative estimate of drug-likeness (QED) is 0.808. The molecule has 106 valence electrons. The van der Waals surface area contributed by atoms with E-state index in [1.807, 2.05) is 5.38 Å². The molecule has 0 atom stereocenters. The number of rotatable bonds is 3. The molecule has 0 bridgehead atoms. The Morgan fingerprint density at radius 3 is 2.45 bits per heavy atom. The van der Waals surface area contributed by atoms with E-state index in [2.05, 4.69) is 4.98 Å². The Kier molecular flexibility index (Phi) is 3.60. The van der Waals surface area contributed by atoms with Crippen LogP contribution in [0.1, 0.15) is 23.8 Å². The maximum Gasteiger partial charge on any atom is 0.175 e. The van der Waals surface area contributed by atoms with Crippen molar-refractivity contribution in [2.24, 2.45) is 0 Å². The van der Waals surface area contributed by atoms with Gasteiger partial charge in [-0.25, -0.2) is 13.4 Å². The fourth-order valence-corrected chi connectivity index (χ4v) is 4.25. The predicted octanol–water partition coefficient (Wildman–Crippen LogP) is 3.70. The largest absolute Gasteiger partial charge is 0.241 e. The second-order valence-electron chi connectivity index (χ2n) is 5.13. The maximum absolute atomic E-state index is 11.4. The van der Waals surface area contributed by atoms with Crippen LogP contribution in [0.15, 0.2) is 34.5 Å². The lowest BCUT2D eigenvalue weighted by atomic mass is 9.85. The first-order chi connectivity index (χ1) is 9.43. The summed E-state index contributed by atoms with van der Waals surface area (Å²) >= 11 is 7.65. The van der Waals surface area contributed by atoms with Crippen molar-refractivity contribution in [1.82, 2.24) is 4.98 Å². The minimum Gasteiger partial charge on any atom is -0.241 e. The monoisotopic (exact) mass is 327 g/mol. The van der Waals surface area contributed by atoms with E-state index in [1.54, 1.807) is 35.6 Å². The van der Waals surface area contributed by atoms with Crippen LogP contribution in [0.3, 0.4) is 0 Å². The molecule has 0 unspecified atom stereocenters. The lowest BCUT2D eigenvalue weighted by molar-refractivity contribution is 0.427. The van der Waals surface area contributed by atoms with Crippen LogP contribution < -0.4 is 0 Å². The van der Waals surface area contributed by atoms with Crippen molar-refractivity contribution < 1.29 is 8.42 Å². The first-order valence-electron chi connectivity index (χ1n) is 6.33.